The molecule has 1 aromatic heterocycles. The number of carbonyl (C=O) groups is 4. The molecule has 12 nitrogen and oxygen atoms in total. The summed E-state index contributed by atoms with van der Waals surface area (Å²) in [6, 6.07) is 17.5. The minimum atomic E-state index is -0.849. The van der Waals surface area contributed by atoms with Gasteiger partial charge >= 0.3 is 11.7 Å². The molecular weight excluding hydrogens is 544 g/mol. The van der Waals surface area contributed by atoms with Crippen molar-refractivity contribution in [3.63, 3.8) is 0 Å². The van der Waals surface area contributed by atoms with Crippen molar-refractivity contribution in [3.8, 4) is 0 Å². The zero-order valence-corrected chi connectivity index (χ0v) is 23.0. The van der Waals surface area contributed by atoms with Crippen LogP contribution in [0.1, 0.15) is 53.9 Å². The Morgan fingerprint density at radius 1 is 1.02 bits per heavy atom. The van der Waals surface area contributed by atoms with Crippen molar-refractivity contribution in [2.45, 2.75) is 57.6 Å². The fourth-order valence-electron chi connectivity index (χ4n) is 4.37. The summed E-state index contributed by atoms with van der Waals surface area (Å²) in [7, 11) is 0. The molecule has 3 N–H and O–H groups in total. The van der Waals surface area contributed by atoms with Gasteiger partial charge in [0.25, 0.3) is 5.91 Å². The molecule has 1 fully saturated rings. The third kappa shape index (κ3) is 8.41. The SMILES string of the molecule is CC(=O)CCC(=O)O[C@@H]1C[C@H](n2ccc(NC(=O)c3ccc(CNC(=O)Cc4ccccc4)cc3)nc2=O)O[C@@H]1CO. The molecule has 4 rings (SSSR count). The van der Waals surface area contributed by atoms with Gasteiger partial charge in [0, 0.05) is 31.1 Å². The van der Waals surface area contributed by atoms with Gasteiger partial charge in [-0.1, -0.05) is 42.5 Å². The number of carbonyl (C=O) groups excluding carboxylic acids is 4. The zero-order valence-electron chi connectivity index (χ0n) is 23.0. The Balaban J connectivity index is 1.30. The quantitative estimate of drug-likeness (QED) is 0.273. The van der Waals surface area contributed by atoms with Crippen LogP contribution in [0.5, 0.6) is 0 Å². The van der Waals surface area contributed by atoms with Crippen LogP contribution in [0, 0.1) is 0 Å². The molecule has 2 heterocycles. The molecule has 2 aromatic carbocycles. The summed E-state index contributed by atoms with van der Waals surface area (Å²) in [5, 5.41) is 15.1. The summed E-state index contributed by atoms with van der Waals surface area (Å²) < 4.78 is 12.2. The number of hydrogen-bond donors (Lipinski definition) is 3. The molecule has 0 spiro atoms. The number of nitrogens with zero attached hydrogens (tertiary/aromatic N) is 2. The first-order valence-electron chi connectivity index (χ1n) is 13.5. The number of rotatable bonds is 12. The fraction of sp³-hybridized carbons (Fsp3) is 0.333. The van der Waals surface area contributed by atoms with Gasteiger partial charge in [0.05, 0.1) is 19.4 Å². The molecular formula is C30H32N4O8. The number of ketones is 1. The maximum Gasteiger partial charge on any atom is 0.351 e. The Hall–Kier alpha value is -4.68. The van der Waals surface area contributed by atoms with Crippen LogP contribution in [0.3, 0.4) is 0 Å². The summed E-state index contributed by atoms with van der Waals surface area (Å²) in [4.78, 5) is 64.7. The van der Waals surface area contributed by atoms with Gasteiger partial charge in [0.1, 0.15) is 30.0 Å². The normalized spacial score (nSPS) is 17.8. The topological polar surface area (TPSA) is 166 Å². The molecule has 1 saturated heterocycles. The zero-order chi connectivity index (χ0) is 30.1. The number of benzene rings is 2. The second kappa shape index (κ2) is 14.3. The van der Waals surface area contributed by atoms with E-state index < -0.39 is 42.6 Å². The Morgan fingerprint density at radius 2 is 1.76 bits per heavy atom. The number of Topliss-reactive ketones (excluding diaryl/α,β-unsaturated/α-hetero) is 1. The van der Waals surface area contributed by atoms with E-state index in [9.17, 15) is 29.1 Å². The number of aliphatic hydroxyl groups excluding tert-OH is 1. The van der Waals surface area contributed by atoms with Crippen LogP contribution >= 0.6 is 0 Å². The lowest BCUT2D eigenvalue weighted by atomic mass is 10.1. The minimum absolute atomic E-state index is 0.0300. The number of ether oxygens (including phenoxy) is 2. The highest BCUT2D eigenvalue weighted by atomic mass is 16.6. The van der Waals surface area contributed by atoms with E-state index in [1.54, 1.807) is 24.3 Å². The molecule has 42 heavy (non-hydrogen) atoms. The van der Waals surface area contributed by atoms with Gasteiger partial charge in [-0.25, -0.2) is 4.79 Å². The maximum absolute atomic E-state index is 12.7. The largest absolute Gasteiger partial charge is 0.459 e. The van der Waals surface area contributed by atoms with Crippen LogP contribution in [0.15, 0.2) is 71.7 Å². The Kier molecular flexibility index (Phi) is 10.3. The molecule has 0 bridgehead atoms. The summed E-state index contributed by atoms with van der Waals surface area (Å²) >= 11 is 0. The average Bonchev–Trinajstić information content (AvgIpc) is 3.38. The van der Waals surface area contributed by atoms with Crippen LogP contribution < -0.4 is 16.3 Å². The molecule has 220 valence electrons. The van der Waals surface area contributed by atoms with Crippen molar-refractivity contribution in [2.75, 3.05) is 11.9 Å². The maximum atomic E-state index is 12.7. The number of aromatic nitrogens is 2. The average molecular weight is 577 g/mol. The van der Waals surface area contributed by atoms with E-state index in [-0.39, 0.29) is 43.2 Å². The Morgan fingerprint density at radius 3 is 2.43 bits per heavy atom. The number of nitrogens with one attached hydrogen (secondary N) is 2. The smallest absolute Gasteiger partial charge is 0.351 e. The lowest BCUT2D eigenvalue weighted by molar-refractivity contribution is -0.153. The first-order chi connectivity index (χ1) is 20.2. The van der Waals surface area contributed by atoms with Crippen LogP contribution in [0.2, 0.25) is 0 Å². The van der Waals surface area contributed by atoms with Crippen molar-refractivity contribution in [1.82, 2.24) is 14.9 Å². The number of anilines is 1. The predicted octanol–water partition coefficient (Wildman–Crippen LogP) is 1.92. The van der Waals surface area contributed by atoms with E-state index >= 15 is 0 Å². The van der Waals surface area contributed by atoms with Crippen LogP contribution in [-0.4, -0.2) is 57.0 Å². The van der Waals surface area contributed by atoms with Gasteiger partial charge in [0.15, 0.2) is 0 Å². The molecule has 0 aliphatic carbocycles. The predicted molar refractivity (Wildman–Crippen MR) is 150 cm³/mol. The third-order valence-electron chi connectivity index (χ3n) is 6.62. The summed E-state index contributed by atoms with van der Waals surface area (Å²) in [5.41, 5.74) is 1.36. The molecule has 3 atom stereocenters. The summed E-state index contributed by atoms with van der Waals surface area (Å²) in [6.45, 7) is 1.25. The van der Waals surface area contributed by atoms with Crippen molar-refractivity contribution < 1.29 is 33.8 Å². The van der Waals surface area contributed by atoms with Crippen molar-refractivity contribution in [1.29, 1.82) is 0 Å². The highest BCUT2D eigenvalue weighted by molar-refractivity contribution is 6.03. The molecule has 2 amide bonds. The van der Waals surface area contributed by atoms with Gasteiger partial charge in [-0.05, 0) is 36.2 Å². The van der Waals surface area contributed by atoms with Crippen molar-refractivity contribution in [3.05, 3.63) is 94.0 Å². The Bertz CT molecular complexity index is 1470. The number of amides is 2. The molecule has 0 unspecified atom stereocenters. The fourth-order valence-corrected chi connectivity index (χ4v) is 4.37. The van der Waals surface area contributed by atoms with Crippen LogP contribution in [-0.2, 0) is 36.8 Å². The van der Waals surface area contributed by atoms with E-state index in [4.69, 9.17) is 9.47 Å². The molecule has 3 aromatic rings. The summed E-state index contributed by atoms with van der Waals surface area (Å²) in [6.07, 6.45) is -0.758. The minimum Gasteiger partial charge on any atom is -0.459 e. The van der Waals surface area contributed by atoms with Gasteiger partial charge in [-0.2, -0.15) is 4.98 Å². The molecule has 1 aliphatic heterocycles. The third-order valence-corrected chi connectivity index (χ3v) is 6.62. The van der Waals surface area contributed by atoms with Gasteiger partial charge < -0.3 is 30.0 Å². The summed E-state index contributed by atoms with van der Waals surface area (Å²) in [5.74, 6) is -1.30. The molecule has 12 heteroatoms. The van der Waals surface area contributed by atoms with E-state index in [0.717, 1.165) is 11.1 Å². The van der Waals surface area contributed by atoms with Gasteiger partial charge in [-0.15, -0.1) is 0 Å². The van der Waals surface area contributed by atoms with Crippen molar-refractivity contribution in [2.24, 2.45) is 0 Å². The van der Waals surface area contributed by atoms with Crippen molar-refractivity contribution >= 4 is 29.4 Å². The first-order valence-corrected chi connectivity index (χ1v) is 13.5. The van der Waals surface area contributed by atoms with E-state index in [1.807, 2.05) is 30.3 Å². The van der Waals surface area contributed by atoms with Gasteiger partial charge in [-0.3, -0.25) is 19.0 Å². The van der Waals surface area contributed by atoms with E-state index in [0.29, 0.717) is 12.1 Å². The highest BCUT2D eigenvalue weighted by Gasteiger charge is 2.39. The van der Waals surface area contributed by atoms with Crippen LogP contribution in [0.4, 0.5) is 5.82 Å². The number of aliphatic hydroxyl groups is 1. The highest BCUT2D eigenvalue weighted by Crippen LogP contribution is 2.30. The van der Waals surface area contributed by atoms with Crippen LogP contribution in [0.25, 0.3) is 0 Å². The van der Waals surface area contributed by atoms with E-state index in [2.05, 4.69) is 15.6 Å². The lowest BCUT2D eigenvalue weighted by Crippen LogP contribution is -2.30. The molecule has 0 radical (unpaired) electrons. The number of esters is 1. The second-order valence-electron chi connectivity index (χ2n) is 9.87. The second-order valence-corrected chi connectivity index (χ2v) is 9.87. The first kappa shape index (κ1) is 30.3. The standard InChI is InChI=1S/C30H32N4O8/c1-19(36)7-12-28(38)42-23-16-27(41-24(23)18-35)34-14-13-25(33-30(34)40)32-29(39)22-10-8-21(9-11-22)17-31-26(37)15-20-5-3-2-4-6-20/h2-6,8-11,13-14,23-24,27,35H,7,12,15-18H2,1H3,(H,31,37)(H,32,33,39,40)/t23-,24-,27-/m1/s1. The molecule has 1 aliphatic rings. The monoisotopic (exact) mass is 576 g/mol. The molecule has 0 saturated carbocycles. The number of hydrogen-bond acceptors (Lipinski definition) is 9. The Labute approximate surface area is 241 Å². The van der Waals surface area contributed by atoms with E-state index in [1.165, 1.54) is 23.8 Å². The van der Waals surface area contributed by atoms with Gasteiger partial charge in [0.2, 0.25) is 5.91 Å². The lowest BCUT2D eigenvalue weighted by Gasteiger charge is -2.16.